The summed E-state index contributed by atoms with van der Waals surface area (Å²) in [5.41, 5.74) is 6.53. The molecule has 0 bridgehead atoms. The Morgan fingerprint density at radius 3 is 2.65 bits per heavy atom. The minimum absolute atomic E-state index is 0.141. The Bertz CT molecular complexity index is 788. The van der Waals surface area contributed by atoms with Crippen molar-refractivity contribution in [2.75, 3.05) is 5.73 Å². The van der Waals surface area contributed by atoms with Crippen LogP contribution in [-0.4, -0.2) is 10.2 Å². The molecule has 0 spiro atoms. The lowest BCUT2D eigenvalue weighted by Gasteiger charge is -2.12. The second-order valence-electron chi connectivity index (χ2n) is 4.11. The van der Waals surface area contributed by atoms with Crippen molar-refractivity contribution in [3.8, 4) is 11.6 Å². The summed E-state index contributed by atoms with van der Waals surface area (Å²) < 4.78 is 50.9. The first-order valence-electron chi connectivity index (χ1n) is 8.57. The zero-order valence-corrected chi connectivity index (χ0v) is 12.0. The monoisotopic (exact) mass is 317 g/mol. The Hall–Kier alpha value is -1.52. The molecule has 0 fully saturated rings. The molecular formula is C14H15Cl2N3O. The summed E-state index contributed by atoms with van der Waals surface area (Å²) in [6.45, 7) is -3.95. The molecule has 0 saturated carbocycles. The van der Waals surface area contributed by atoms with E-state index in [0.29, 0.717) is 11.3 Å². The summed E-state index contributed by atoms with van der Waals surface area (Å²) in [6.07, 6.45) is 0. The van der Waals surface area contributed by atoms with E-state index in [9.17, 15) is 0 Å². The lowest BCUT2D eigenvalue weighted by atomic mass is 10.1. The standard InChI is InChI=1S/C14H15Cl2N3O/c1-7(2)10-6-12(18-19-14(10)16)20-13-8(3)4-9(17)5-11(13)15/h4-7H,17H2,1-3H3/i1D3,2D3. The van der Waals surface area contributed by atoms with Crippen LogP contribution in [0.5, 0.6) is 11.6 Å². The van der Waals surface area contributed by atoms with E-state index < -0.39 is 19.6 Å². The van der Waals surface area contributed by atoms with Crippen molar-refractivity contribution in [1.29, 1.82) is 0 Å². The number of aryl methyl sites for hydroxylation is 1. The highest BCUT2D eigenvalue weighted by molar-refractivity contribution is 6.32. The number of hydrogen-bond donors (Lipinski definition) is 1. The van der Waals surface area contributed by atoms with Crippen molar-refractivity contribution in [3.05, 3.63) is 39.5 Å². The zero-order valence-electron chi connectivity index (χ0n) is 16.4. The van der Waals surface area contributed by atoms with Crippen LogP contribution in [0, 0.1) is 6.92 Å². The molecule has 20 heavy (non-hydrogen) atoms. The van der Waals surface area contributed by atoms with Crippen LogP contribution in [0.25, 0.3) is 0 Å². The molecule has 2 N–H and O–H groups in total. The highest BCUT2D eigenvalue weighted by Gasteiger charge is 2.13. The van der Waals surface area contributed by atoms with Crippen molar-refractivity contribution >= 4 is 28.9 Å². The minimum atomic E-state index is -2.83. The van der Waals surface area contributed by atoms with Gasteiger partial charge in [-0.25, -0.2) is 0 Å². The number of anilines is 1. The van der Waals surface area contributed by atoms with Crippen LogP contribution in [-0.2, 0) is 0 Å². The first-order chi connectivity index (χ1) is 11.8. The Morgan fingerprint density at radius 2 is 2.00 bits per heavy atom. The molecule has 0 unspecified atom stereocenters. The van der Waals surface area contributed by atoms with Gasteiger partial charge in [0, 0.05) is 20.0 Å². The van der Waals surface area contributed by atoms with Gasteiger partial charge in [0.05, 0.1) is 5.02 Å². The van der Waals surface area contributed by atoms with E-state index in [1.807, 2.05) is 0 Å². The molecule has 0 radical (unpaired) electrons. The molecule has 4 nitrogen and oxygen atoms in total. The Balaban J connectivity index is 2.51. The SMILES string of the molecule is [2H]C([2H])([2H])C(c1cc(Oc2c(C)cc(N)cc2Cl)nnc1Cl)C([2H])([2H])[2H]. The number of nitrogen functional groups attached to an aromatic ring is 1. The van der Waals surface area contributed by atoms with Gasteiger partial charge in [0.25, 0.3) is 0 Å². The Morgan fingerprint density at radius 1 is 1.25 bits per heavy atom. The second-order valence-corrected chi connectivity index (χ2v) is 4.88. The van der Waals surface area contributed by atoms with Gasteiger partial charge in [0.2, 0.25) is 5.88 Å². The topological polar surface area (TPSA) is 61.0 Å². The summed E-state index contributed by atoms with van der Waals surface area (Å²) in [7, 11) is 0. The number of ether oxygens (including phenoxy) is 1. The lowest BCUT2D eigenvalue weighted by molar-refractivity contribution is 0.450. The van der Waals surface area contributed by atoms with Crippen molar-refractivity contribution in [2.24, 2.45) is 0 Å². The van der Waals surface area contributed by atoms with Gasteiger partial charge in [-0.15, -0.1) is 10.2 Å². The number of hydrogen-bond acceptors (Lipinski definition) is 4. The van der Waals surface area contributed by atoms with Crippen molar-refractivity contribution < 1.29 is 13.0 Å². The molecular weight excluding hydrogens is 297 g/mol. The summed E-state index contributed by atoms with van der Waals surface area (Å²) in [6, 6.07) is 4.24. The maximum atomic E-state index is 7.55. The van der Waals surface area contributed by atoms with Crippen LogP contribution < -0.4 is 10.5 Å². The molecule has 1 aromatic heterocycles. The maximum Gasteiger partial charge on any atom is 0.239 e. The third kappa shape index (κ3) is 3.14. The fourth-order valence-corrected chi connectivity index (χ4v) is 2.13. The maximum absolute atomic E-state index is 7.55. The molecule has 0 aliphatic heterocycles. The van der Waals surface area contributed by atoms with Gasteiger partial charge in [0.15, 0.2) is 10.9 Å². The second kappa shape index (κ2) is 5.85. The van der Waals surface area contributed by atoms with Crippen LogP contribution in [0.15, 0.2) is 18.2 Å². The number of nitrogens with two attached hydrogens (primary N) is 1. The highest BCUT2D eigenvalue weighted by Crippen LogP contribution is 2.35. The van der Waals surface area contributed by atoms with Crippen molar-refractivity contribution in [2.45, 2.75) is 26.5 Å². The average molecular weight is 318 g/mol. The fourth-order valence-electron chi connectivity index (χ4n) is 1.62. The van der Waals surface area contributed by atoms with Gasteiger partial charge < -0.3 is 10.5 Å². The molecule has 0 aliphatic carbocycles. The van der Waals surface area contributed by atoms with Crippen LogP contribution in [0.1, 0.15) is 39.0 Å². The number of rotatable bonds is 3. The van der Waals surface area contributed by atoms with Gasteiger partial charge >= 0.3 is 0 Å². The number of nitrogens with zero attached hydrogens (tertiary/aromatic N) is 2. The predicted octanol–water partition coefficient (Wildman–Crippen LogP) is 4.59. The molecule has 1 heterocycles. The van der Waals surface area contributed by atoms with Gasteiger partial charge in [-0.3, -0.25) is 0 Å². The summed E-state index contributed by atoms with van der Waals surface area (Å²) >= 11 is 12.0. The van der Waals surface area contributed by atoms with E-state index in [1.165, 1.54) is 6.07 Å². The number of aromatic nitrogens is 2. The molecule has 0 saturated heterocycles. The van der Waals surface area contributed by atoms with Crippen LogP contribution in [0.3, 0.4) is 0 Å². The van der Waals surface area contributed by atoms with E-state index in [-0.39, 0.29) is 27.4 Å². The number of halogens is 2. The van der Waals surface area contributed by atoms with Crippen molar-refractivity contribution in [3.63, 3.8) is 0 Å². The van der Waals surface area contributed by atoms with Gasteiger partial charge in [-0.05, 0) is 36.1 Å². The van der Waals surface area contributed by atoms with E-state index >= 15 is 0 Å². The quantitative estimate of drug-likeness (QED) is 0.841. The zero-order chi connectivity index (χ0) is 19.9. The molecule has 6 heteroatoms. The van der Waals surface area contributed by atoms with E-state index in [4.69, 9.17) is 41.9 Å². The lowest BCUT2D eigenvalue weighted by Crippen LogP contribution is -1.99. The molecule has 0 atom stereocenters. The van der Waals surface area contributed by atoms with Crippen LogP contribution in [0.2, 0.25) is 10.2 Å². The third-order valence-electron chi connectivity index (χ3n) is 2.52. The van der Waals surface area contributed by atoms with Gasteiger partial charge in [-0.1, -0.05) is 36.9 Å². The molecule has 2 rings (SSSR count). The molecule has 0 aliphatic rings. The van der Waals surface area contributed by atoms with E-state index in [1.54, 1.807) is 13.0 Å². The molecule has 106 valence electrons. The normalized spacial score (nSPS) is 16.6. The third-order valence-corrected chi connectivity index (χ3v) is 3.10. The largest absolute Gasteiger partial charge is 0.436 e. The Labute approximate surface area is 136 Å². The van der Waals surface area contributed by atoms with Crippen molar-refractivity contribution in [1.82, 2.24) is 10.2 Å². The summed E-state index contributed by atoms with van der Waals surface area (Å²) in [4.78, 5) is 0. The van der Waals surface area contributed by atoms with Gasteiger partial charge in [-0.2, -0.15) is 0 Å². The molecule has 1 aromatic carbocycles. The average Bonchev–Trinajstić information content (AvgIpc) is 2.43. The predicted molar refractivity (Wildman–Crippen MR) is 81.8 cm³/mol. The molecule has 0 amide bonds. The molecule has 2 aromatic rings. The van der Waals surface area contributed by atoms with E-state index in [0.717, 1.165) is 6.07 Å². The first kappa shape index (κ1) is 8.70. The van der Waals surface area contributed by atoms with Crippen LogP contribution in [0.4, 0.5) is 5.69 Å². The minimum Gasteiger partial charge on any atom is -0.436 e. The fraction of sp³-hybridized carbons (Fsp3) is 0.286. The highest BCUT2D eigenvalue weighted by atomic mass is 35.5. The summed E-state index contributed by atoms with van der Waals surface area (Å²) in [5, 5.41) is 7.23. The Kier molecular flexibility index (Phi) is 2.55. The number of benzene rings is 1. The first-order valence-corrected chi connectivity index (χ1v) is 6.33. The smallest absolute Gasteiger partial charge is 0.239 e. The van der Waals surface area contributed by atoms with Gasteiger partial charge in [0.1, 0.15) is 0 Å². The summed E-state index contributed by atoms with van der Waals surface area (Å²) in [5.74, 6) is -1.75. The van der Waals surface area contributed by atoms with E-state index in [2.05, 4.69) is 10.2 Å². The van der Waals surface area contributed by atoms with Crippen LogP contribution >= 0.6 is 23.2 Å².